The lowest BCUT2D eigenvalue weighted by Gasteiger charge is -2.12. The molecule has 0 bridgehead atoms. The Morgan fingerprint density at radius 2 is 1.92 bits per heavy atom. The number of aryl methyl sites for hydroxylation is 2. The highest BCUT2D eigenvalue weighted by Crippen LogP contribution is 2.16. The fraction of sp³-hybridized carbons (Fsp3) is 0.412. The Bertz CT molecular complexity index is 821. The van der Waals surface area contributed by atoms with E-state index in [9.17, 15) is 13.2 Å². The molecule has 0 saturated heterocycles. The standard InChI is InChI=1S/C17H22N2O5S/c1-5-11(2)19-25(21,22)15-8-6-14(7-9-15)17(20)23-10-16-12(3)18-24-13(16)4/h6-9,11,19H,5,10H2,1-4H3. The van der Waals surface area contributed by atoms with Gasteiger partial charge in [-0.25, -0.2) is 17.9 Å². The van der Waals surface area contributed by atoms with Crippen molar-refractivity contribution < 1.29 is 22.5 Å². The van der Waals surface area contributed by atoms with Crippen LogP contribution in [0.25, 0.3) is 0 Å². The van der Waals surface area contributed by atoms with Gasteiger partial charge >= 0.3 is 5.97 Å². The maximum atomic E-state index is 12.2. The number of ether oxygens (including phenoxy) is 1. The topological polar surface area (TPSA) is 98.5 Å². The highest BCUT2D eigenvalue weighted by molar-refractivity contribution is 7.89. The Balaban J connectivity index is 2.05. The van der Waals surface area contributed by atoms with E-state index in [0.717, 1.165) is 5.56 Å². The van der Waals surface area contributed by atoms with Crippen LogP contribution in [0.2, 0.25) is 0 Å². The second-order valence-corrected chi connectivity index (χ2v) is 7.55. The van der Waals surface area contributed by atoms with Gasteiger partial charge < -0.3 is 9.26 Å². The molecule has 0 spiro atoms. The summed E-state index contributed by atoms with van der Waals surface area (Å²) in [5.41, 5.74) is 1.67. The normalized spacial score (nSPS) is 12.8. The second kappa shape index (κ2) is 7.79. The molecule has 0 amide bonds. The van der Waals surface area contributed by atoms with E-state index in [1.807, 2.05) is 6.92 Å². The number of aromatic nitrogens is 1. The molecule has 1 unspecified atom stereocenters. The maximum absolute atomic E-state index is 12.2. The molecular weight excluding hydrogens is 344 g/mol. The number of sulfonamides is 1. The summed E-state index contributed by atoms with van der Waals surface area (Å²) in [6, 6.07) is 5.47. The summed E-state index contributed by atoms with van der Waals surface area (Å²) in [5.74, 6) is 0.0571. The van der Waals surface area contributed by atoms with Gasteiger partial charge in [-0.1, -0.05) is 12.1 Å². The molecule has 2 rings (SSSR count). The molecule has 7 nitrogen and oxygen atoms in total. The third-order valence-electron chi connectivity index (χ3n) is 3.90. The fourth-order valence-corrected chi connectivity index (χ4v) is 3.44. The Hall–Kier alpha value is -2.19. The van der Waals surface area contributed by atoms with E-state index in [1.165, 1.54) is 24.3 Å². The first kappa shape index (κ1) is 19.1. The van der Waals surface area contributed by atoms with Crippen molar-refractivity contribution in [3.63, 3.8) is 0 Å². The summed E-state index contributed by atoms with van der Waals surface area (Å²) in [5, 5.41) is 3.80. The molecule has 1 atom stereocenters. The van der Waals surface area contributed by atoms with Crippen LogP contribution in [0, 0.1) is 13.8 Å². The molecule has 0 saturated carbocycles. The van der Waals surface area contributed by atoms with Crippen molar-refractivity contribution in [1.82, 2.24) is 9.88 Å². The van der Waals surface area contributed by atoms with Crippen LogP contribution in [-0.2, 0) is 21.4 Å². The van der Waals surface area contributed by atoms with Gasteiger partial charge in [0, 0.05) is 6.04 Å². The van der Waals surface area contributed by atoms with Crippen molar-refractivity contribution in [3.05, 3.63) is 46.8 Å². The molecular formula is C17H22N2O5S. The monoisotopic (exact) mass is 366 g/mol. The summed E-state index contributed by atoms with van der Waals surface area (Å²) < 4.78 is 37.2. The van der Waals surface area contributed by atoms with Gasteiger partial charge in [-0.05, 0) is 51.5 Å². The highest BCUT2D eigenvalue weighted by Gasteiger charge is 2.18. The van der Waals surface area contributed by atoms with Gasteiger partial charge in [0.2, 0.25) is 10.0 Å². The summed E-state index contributed by atoms with van der Waals surface area (Å²) in [4.78, 5) is 12.2. The quantitative estimate of drug-likeness (QED) is 0.757. The van der Waals surface area contributed by atoms with Crippen LogP contribution in [0.15, 0.2) is 33.7 Å². The molecule has 0 aliphatic rings. The molecule has 1 aromatic carbocycles. The molecule has 25 heavy (non-hydrogen) atoms. The Morgan fingerprint density at radius 1 is 1.28 bits per heavy atom. The van der Waals surface area contributed by atoms with Gasteiger partial charge in [-0.15, -0.1) is 0 Å². The lowest BCUT2D eigenvalue weighted by Crippen LogP contribution is -2.32. The molecule has 2 aromatic rings. The number of benzene rings is 1. The number of hydrogen-bond donors (Lipinski definition) is 1. The highest BCUT2D eigenvalue weighted by atomic mass is 32.2. The Labute approximate surface area is 147 Å². The van der Waals surface area contributed by atoms with Crippen molar-refractivity contribution >= 4 is 16.0 Å². The Kier molecular flexibility index (Phi) is 5.97. The van der Waals surface area contributed by atoms with Crippen molar-refractivity contribution in [1.29, 1.82) is 0 Å². The van der Waals surface area contributed by atoms with Crippen LogP contribution >= 0.6 is 0 Å². The number of carbonyl (C=O) groups excluding carboxylic acids is 1. The van der Waals surface area contributed by atoms with Gasteiger partial charge in [0.25, 0.3) is 0 Å². The smallest absolute Gasteiger partial charge is 0.338 e. The maximum Gasteiger partial charge on any atom is 0.338 e. The van der Waals surface area contributed by atoms with E-state index >= 15 is 0 Å². The summed E-state index contributed by atoms with van der Waals surface area (Å²) >= 11 is 0. The lowest BCUT2D eigenvalue weighted by atomic mass is 10.2. The summed E-state index contributed by atoms with van der Waals surface area (Å²) in [6.07, 6.45) is 0.686. The molecule has 1 N–H and O–H groups in total. The summed E-state index contributed by atoms with van der Waals surface area (Å²) in [6.45, 7) is 7.25. The van der Waals surface area contributed by atoms with Gasteiger partial charge in [0.15, 0.2) is 0 Å². The van der Waals surface area contributed by atoms with Gasteiger partial charge in [0.05, 0.1) is 21.7 Å². The van der Waals surface area contributed by atoms with E-state index in [-0.39, 0.29) is 23.1 Å². The van der Waals surface area contributed by atoms with Crippen molar-refractivity contribution in [3.8, 4) is 0 Å². The number of carbonyl (C=O) groups is 1. The van der Waals surface area contributed by atoms with Crippen LogP contribution in [0.4, 0.5) is 0 Å². The fourth-order valence-electron chi connectivity index (χ4n) is 2.12. The molecule has 0 aliphatic heterocycles. The average molecular weight is 366 g/mol. The minimum Gasteiger partial charge on any atom is -0.457 e. The van der Waals surface area contributed by atoms with Crippen LogP contribution in [0.3, 0.4) is 0 Å². The first-order valence-corrected chi connectivity index (χ1v) is 9.44. The molecule has 1 heterocycles. The zero-order valence-corrected chi connectivity index (χ0v) is 15.5. The van der Waals surface area contributed by atoms with E-state index in [2.05, 4.69) is 9.88 Å². The van der Waals surface area contributed by atoms with Gasteiger partial charge in [0.1, 0.15) is 12.4 Å². The minimum atomic E-state index is -3.60. The Morgan fingerprint density at radius 3 is 2.44 bits per heavy atom. The zero-order valence-electron chi connectivity index (χ0n) is 14.7. The zero-order chi connectivity index (χ0) is 18.6. The molecule has 0 radical (unpaired) electrons. The molecule has 0 fully saturated rings. The molecule has 136 valence electrons. The molecule has 0 aliphatic carbocycles. The number of rotatable bonds is 7. The number of nitrogens with one attached hydrogen (secondary N) is 1. The number of esters is 1. The van der Waals surface area contributed by atoms with Crippen LogP contribution < -0.4 is 4.72 Å². The lowest BCUT2D eigenvalue weighted by molar-refractivity contribution is 0.0470. The van der Waals surface area contributed by atoms with E-state index in [4.69, 9.17) is 9.26 Å². The van der Waals surface area contributed by atoms with Crippen molar-refractivity contribution in [2.24, 2.45) is 0 Å². The SMILES string of the molecule is CCC(C)NS(=O)(=O)c1ccc(C(=O)OCc2c(C)noc2C)cc1. The third-order valence-corrected chi connectivity index (χ3v) is 5.50. The number of nitrogens with zero attached hydrogens (tertiary/aromatic N) is 1. The van der Waals surface area contributed by atoms with Crippen molar-refractivity contribution in [2.45, 2.75) is 51.7 Å². The second-order valence-electron chi connectivity index (χ2n) is 5.83. The minimum absolute atomic E-state index is 0.0512. The van der Waals surface area contributed by atoms with Crippen molar-refractivity contribution in [2.75, 3.05) is 0 Å². The predicted molar refractivity (Wildman–Crippen MR) is 91.6 cm³/mol. The first-order valence-electron chi connectivity index (χ1n) is 7.96. The third kappa shape index (κ3) is 4.67. The predicted octanol–water partition coefficient (Wildman–Crippen LogP) is 2.73. The van der Waals surface area contributed by atoms with Crippen LogP contribution in [-0.4, -0.2) is 25.6 Å². The number of hydrogen-bond acceptors (Lipinski definition) is 6. The largest absolute Gasteiger partial charge is 0.457 e. The van der Waals surface area contributed by atoms with Crippen LogP contribution in [0.5, 0.6) is 0 Å². The van der Waals surface area contributed by atoms with E-state index < -0.39 is 16.0 Å². The molecule has 1 aromatic heterocycles. The van der Waals surface area contributed by atoms with Gasteiger partial charge in [-0.2, -0.15) is 0 Å². The average Bonchev–Trinajstić information content (AvgIpc) is 2.90. The molecule has 8 heteroatoms. The van der Waals surface area contributed by atoms with E-state index in [0.29, 0.717) is 17.9 Å². The van der Waals surface area contributed by atoms with Gasteiger partial charge in [-0.3, -0.25) is 0 Å². The first-order chi connectivity index (χ1) is 11.7. The summed E-state index contributed by atoms with van der Waals surface area (Å²) in [7, 11) is -3.60. The van der Waals surface area contributed by atoms with Crippen LogP contribution in [0.1, 0.15) is 47.6 Å². The van der Waals surface area contributed by atoms with E-state index in [1.54, 1.807) is 20.8 Å².